The number of carbonyl (C=O) groups excluding carboxylic acids is 2. The Hall–Kier alpha value is -1.11. The molecule has 3 amide bonds. The van der Waals surface area contributed by atoms with Gasteiger partial charge in [-0.25, -0.2) is 4.79 Å². The maximum Gasteiger partial charge on any atom is 0.312 e. The van der Waals surface area contributed by atoms with E-state index < -0.39 is 12.1 Å². The highest BCUT2D eigenvalue weighted by Crippen LogP contribution is 2.26. The first-order valence-corrected chi connectivity index (χ1v) is 8.74. The Balaban J connectivity index is 2.79. The number of rotatable bonds is 7. The molecule has 22 heavy (non-hydrogen) atoms. The maximum absolute atomic E-state index is 12.5. The van der Waals surface area contributed by atoms with Crippen LogP contribution in [0.5, 0.6) is 0 Å². The van der Waals surface area contributed by atoms with Crippen molar-refractivity contribution in [1.82, 2.24) is 10.2 Å². The number of urea groups is 1. The van der Waals surface area contributed by atoms with Crippen molar-refractivity contribution in [3.05, 3.63) is 33.8 Å². The fraction of sp³-hybridized carbons (Fsp3) is 0.429. The molecule has 0 aliphatic rings. The highest BCUT2D eigenvalue weighted by Gasteiger charge is 2.23. The van der Waals surface area contributed by atoms with Crippen molar-refractivity contribution in [2.75, 3.05) is 19.1 Å². The number of carbonyl (C=O) groups is 2. The number of nitrogens with zero attached hydrogens (tertiary/aromatic N) is 1. The molecule has 0 fully saturated rings. The molecule has 1 unspecified atom stereocenters. The standard InChI is InChI=1S/C14H19Cl2N3O2S/c1-19(8-9-4-3-5-10(15)12(9)16)13(20)11(6-7-22-2)18-14(17)21/h3-5,11H,6-8H2,1-2H3,(H3,17,18,21). The van der Waals surface area contributed by atoms with Gasteiger partial charge in [0.05, 0.1) is 10.0 Å². The molecule has 0 aromatic heterocycles. The summed E-state index contributed by atoms with van der Waals surface area (Å²) in [6.45, 7) is 0.300. The molecule has 1 atom stereocenters. The third kappa shape index (κ3) is 5.59. The summed E-state index contributed by atoms with van der Waals surface area (Å²) in [5.74, 6) is 0.520. The number of halogens is 2. The van der Waals surface area contributed by atoms with E-state index >= 15 is 0 Å². The van der Waals surface area contributed by atoms with Crippen LogP contribution in [0.1, 0.15) is 12.0 Å². The first-order valence-electron chi connectivity index (χ1n) is 6.59. The summed E-state index contributed by atoms with van der Waals surface area (Å²) in [4.78, 5) is 25.0. The molecule has 1 aromatic rings. The molecule has 0 bridgehead atoms. The van der Waals surface area contributed by atoms with Gasteiger partial charge >= 0.3 is 6.03 Å². The Morgan fingerprint density at radius 1 is 1.41 bits per heavy atom. The van der Waals surface area contributed by atoms with E-state index in [4.69, 9.17) is 28.9 Å². The number of hydrogen-bond donors (Lipinski definition) is 2. The third-order valence-electron chi connectivity index (χ3n) is 3.04. The van der Waals surface area contributed by atoms with Crippen LogP contribution in [0.4, 0.5) is 4.79 Å². The van der Waals surface area contributed by atoms with Crippen LogP contribution in [-0.2, 0) is 11.3 Å². The quantitative estimate of drug-likeness (QED) is 0.781. The Bertz CT molecular complexity index is 543. The molecule has 1 rings (SSSR count). The minimum Gasteiger partial charge on any atom is -0.352 e. The lowest BCUT2D eigenvalue weighted by Crippen LogP contribution is -2.49. The van der Waals surface area contributed by atoms with Gasteiger partial charge in [-0.2, -0.15) is 11.8 Å². The van der Waals surface area contributed by atoms with Crippen molar-refractivity contribution in [3.8, 4) is 0 Å². The normalized spacial score (nSPS) is 11.8. The van der Waals surface area contributed by atoms with E-state index in [9.17, 15) is 9.59 Å². The summed E-state index contributed by atoms with van der Waals surface area (Å²) in [5, 5.41) is 3.34. The minimum absolute atomic E-state index is 0.219. The molecule has 8 heteroatoms. The largest absolute Gasteiger partial charge is 0.352 e. The summed E-state index contributed by atoms with van der Waals surface area (Å²) >= 11 is 13.7. The number of nitrogens with two attached hydrogens (primary N) is 1. The number of likely N-dealkylation sites (N-methyl/N-ethyl adjacent to an activating group) is 1. The highest BCUT2D eigenvalue weighted by atomic mass is 35.5. The minimum atomic E-state index is -0.714. The number of thioether (sulfide) groups is 1. The van der Waals surface area contributed by atoms with Gasteiger partial charge in [-0.3, -0.25) is 4.79 Å². The van der Waals surface area contributed by atoms with Crippen LogP contribution in [0.2, 0.25) is 10.0 Å². The van der Waals surface area contributed by atoms with E-state index in [1.807, 2.05) is 6.26 Å². The van der Waals surface area contributed by atoms with Gasteiger partial charge < -0.3 is 16.0 Å². The first-order chi connectivity index (χ1) is 10.4. The summed E-state index contributed by atoms with van der Waals surface area (Å²) in [7, 11) is 1.65. The third-order valence-corrected chi connectivity index (χ3v) is 4.54. The number of benzene rings is 1. The monoisotopic (exact) mass is 363 g/mol. The van der Waals surface area contributed by atoms with Gasteiger partial charge in [0, 0.05) is 13.6 Å². The summed E-state index contributed by atoms with van der Waals surface area (Å²) < 4.78 is 0. The van der Waals surface area contributed by atoms with E-state index in [2.05, 4.69) is 5.32 Å². The average molecular weight is 364 g/mol. The molecule has 3 N–H and O–H groups in total. The molecule has 1 aromatic carbocycles. The van der Waals surface area contributed by atoms with Gasteiger partial charge in [0.1, 0.15) is 6.04 Å². The van der Waals surface area contributed by atoms with Gasteiger partial charge in [-0.15, -0.1) is 0 Å². The predicted octanol–water partition coefficient (Wildman–Crippen LogP) is 2.74. The summed E-state index contributed by atoms with van der Waals surface area (Å²) in [5.41, 5.74) is 5.88. The molecule has 5 nitrogen and oxygen atoms in total. The predicted molar refractivity (Wildman–Crippen MR) is 92.4 cm³/mol. The lowest BCUT2D eigenvalue weighted by molar-refractivity contribution is -0.132. The van der Waals surface area contributed by atoms with Gasteiger partial charge in [0.25, 0.3) is 0 Å². The summed E-state index contributed by atoms with van der Waals surface area (Å²) in [6, 6.07) is 3.90. The maximum atomic E-state index is 12.5. The zero-order valence-corrected chi connectivity index (χ0v) is 14.8. The Morgan fingerprint density at radius 2 is 2.09 bits per heavy atom. The Morgan fingerprint density at radius 3 is 2.68 bits per heavy atom. The molecular formula is C14H19Cl2N3O2S. The number of nitrogens with one attached hydrogen (secondary N) is 1. The smallest absolute Gasteiger partial charge is 0.312 e. The van der Waals surface area contributed by atoms with Gasteiger partial charge in [0.15, 0.2) is 0 Å². The molecule has 122 valence electrons. The second kappa shape index (κ2) is 9.12. The Kier molecular flexibility index (Phi) is 7.85. The topological polar surface area (TPSA) is 75.4 Å². The van der Waals surface area contributed by atoms with Crippen LogP contribution >= 0.6 is 35.0 Å². The van der Waals surface area contributed by atoms with Crippen molar-refractivity contribution in [1.29, 1.82) is 0 Å². The Labute approximate surface area is 144 Å². The number of primary amides is 1. The summed E-state index contributed by atoms with van der Waals surface area (Å²) in [6.07, 6.45) is 2.44. The van der Waals surface area contributed by atoms with Gasteiger partial charge in [-0.05, 0) is 30.1 Å². The van der Waals surface area contributed by atoms with Crippen LogP contribution < -0.4 is 11.1 Å². The molecule has 0 heterocycles. The lowest BCUT2D eigenvalue weighted by Gasteiger charge is -2.24. The van der Waals surface area contributed by atoms with E-state index in [1.165, 1.54) is 4.90 Å². The fourth-order valence-corrected chi connectivity index (χ4v) is 2.79. The molecule has 0 aliphatic heterocycles. The van der Waals surface area contributed by atoms with Crippen molar-refractivity contribution < 1.29 is 9.59 Å². The molecular weight excluding hydrogens is 345 g/mol. The first kappa shape index (κ1) is 18.9. The number of hydrogen-bond acceptors (Lipinski definition) is 3. The van der Waals surface area contributed by atoms with Crippen LogP contribution in [0.3, 0.4) is 0 Å². The van der Waals surface area contributed by atoms with Crippen LogP contribution in [0.25, 0.3) is 0 Å². The van der Waals surface area contributed by atoms with Crippen LogP contribution in [0.15, 0.2) is 18.2 Å². The van der Waals surface area contributed by atoms with E-state index in [-0.39, 0.29) is 5.91 Å². The van der Waals surface area contributed by atoms with Crippen LogP contribution in [-0.4, -0.2) is 41.9 Å². The van der Waals surface area contributed by atoms with Crippen LogP contribution in [0, 0.1) is 0 Å². The SMILES string of the molecule is CSCCC(NC(N)=O)C(=O)N(C)Cc1cccc(Cl)c1Cl. The van der Waals surface area contributed by atoms with Crippen molar-refractivity contribution in [3.63, 3.8) is 0 Å². The zero-order chi connectivity index (χ0) is 16.7. The van der Waals surface area contributed by atoms with Gasteiger partial charge in [-0.1, -0.05) is 35.3 Å². The van der Waals surface area contributed by atoms with Crippen molar-refractivity contribution >= 4 is 46.9 Å². The number of amides is 3. The second-order valence-electron chi connectivity index (χ2n) is 4.75. The molecule has 0 saturated carbocycles. The molecule has 0 radical (unpaired) electrons. The zero-order valence-electron chi connectivity index (χ0n) is 12.4. The van der Waals surface area contributed by atoms with E-state index in [0.29, 0.717) is 23.0 Å². The molecule has 0 spiro atoms. The molecule has 0 aliphatic carbocycles. The highest BCUT2D eigenvalue weighted by molar-refractivity contribution is 7.98. The van der Waals surface area contributed by atoms with E-state index in [1.54, 1.807) is 37.0 Å². The molecule has 0 saturated heterocycles. The van der Waals surface area contributed by atoms with Gasteiger partial charge in [0.2, 0.25) is 5.91 Å². The van der Waals surface area contributed by atoms with Crippen molar-refractivity contribution in [2.45, 2.75) is 19.0 Å². The lowest BCUT2D eigenvalue weighted by atomic mass is 10.1. The van der Waals surface area contributed by atoms with E-state index in [0.717, 1.165) is 11.3 Å². The average Bonchev–Trinajstić information content (AvgIpc) is 2.47. The van der Waals surface area contributed by atoms with Crippen molar-refractivity contribution in [2.24, 2.45) is 5.73 Å². The second-order valence-corrected chi connectivity index (χ2v) is 6.52. The fourth-order valence-electron chi connectivity index (χ4n) is 1.93.